The molecule has 4 aromatic carbocycles. The minimum Gasteiger partial charge on any atom is -0.308 e. The molecule has 0 aliphatic heterocycles. The van der Waals surface area contributed by atoms with Gasteiger partial charge in [0.1, 0.15) is 0 Å². The smallest absolute Gasteiger partial charge is 0.180 e. The Hall–Kier alpha value is -4.97. The molecule has 0 amide bonds. The van der Waals surface area contributed by atoms with Crippen molar-refractivity contribution in [1.82, 2.24) is 5.32 Å². The number of benzene rings is 4. The van der Waals surface area contributed by atoms with E-state index in [0.717, 1.165) is 48.3 Å². The van der Waals surface area contributed by atoms with E-state index in [0.29, 0.717) is 5.57 Å². The second-order valence-electron chi connectivity index (χ2n) is 8.52. The van der Waals surface area contributed by atoms with Gasteiger partial charge >= 0.3 is 0 Å². The molecule has 5 heteroatoms. The van der Waals surface area contributed by atoms with E-state index >= 15 is 0 Å². The highest BCUT2D eigenvalue weighted by Crippen LogP contribution is 2.44. The van der Waals surface area contributed by atoms with Crippen LogP contribution in [0, 0.1) is 28.2 Å². The predicted molar refractivity (Wildman–Crippen MR) is 157 cm³/mol. The Bertz CT molecular complexity index is 1920. The molecule has 0 aliphatic carbocycles. The SMILES string of the molecule is C=C(C#N)/C=C(\C=N)c1c2ccccc2c(C(/C=C\C)=C/NC#N)c2cc3sc4ccccc4c3cc12. The van der Waals surface area contributed by atoms with Gasteiger partial charge in [0.25, 0.3) is 0 Å². The highest BCUT2D eigenvalue weighted by Gasteiger charge is 2.19. The van der Waals surface area contributed by atoms with Crippen molar-refractivity contribution >= 4 is 70.4 Å². The second kappa shape index (κ2) is 9.95. The summed E-state index contributed by atoms with van der Waals surface area (Å²) in [6.07, 6.45) is 10.6. The van der Waals surface area contributed by atoms with Crippen molar-refractivity contribution in [2.24, 2.45) is 0 Å². The average Bonchev–Trinajstić information content (AvgIpc) is 3.29. The van der Waals surface area contributed by atoms with E-state index in [1.807, 2.05) is 55.6 Å². The molecular weight excluding hydrogens is 472 g/mol. The van der Waals surface area contributed by atoms with Crippen molar-refractivity contribution in [2.75, 3.05) is 0 Å². The first-order valence-corrected chi connectivity index (χ1v) is 12.5. The van der Waals surface area contributed by atoms with Crippen LogP contribution < -0.4 is 5.32 Å². The molecule has 0 bridgehead atoms. The van der Waals surface area contributed by atoms with Crippen LogP contribution in [0.15, 0.2) is 97.2 Å². The van der Waals surface area contributed by atoms with Crippen molar-refractivity contribution < 1.29 is 0 Å². The number of fused-ring (bicyclic) bond motifs is 5. The molecule has 5 aromatic rings. The van der Waals surface area contributed by atoms with E-state index in [2.05, 4.69) is 48.3 Å². The molecule has 0 spiro atoms. The van der Waals surface area contributed by atoms with Crippen molar-refractivity contribution in [3.05, 3.63) is 108 Å². The van der Waals surface area contributed by atoms with Gasteiger partial charge in [-0.05, 0) is 69.4 Å². The topological polar surface area (TPSA) is 83.5 Å². The van der Waals surface area contributed by atoms with Crippen LogP contribution in [0.1, 0.15) is 18.1 Å². The van der Waals surface area contributed by atoms with E-state index < -0.39 is 0 Å². The Morgan fingerprint density at radius 3 is 2.16 bits per heavy atom. The van der Waals surface area contributed by atoms with Crippen LogP contribution in [0.5, 0.6) is 0 Å². The Labute approximate surface area is 218 Å². The molecule has 0 fully saturated rings. The lowest BCUT2D eigenvalue weighted by Gasteiger charge is -2.18. The summed E-state index contributed by atoms with van der Waals surface area (Å²) in [5.74, 6) is 0. The molecule has 0 unspecified atom stereocenters. The molecule has 1 heterocycles. The molecule has 0 saturated carbocycles. The average molecular weight is 495 g/mol. The minimum absolute atomic E-state index is 0.287. The summed E-state index contributed by atoms with van der Waals surface area (Å²) in [7, 11) is 0. The summed E-state index contributed by atoms with van der Waals surface area (Å²) >= 11 is 1.75. The summed E-state index contributed by atoms with van der Waals surface area (Å²) in [4.78, 5) is 0. The zero-order valence-corrected chi connectivity index (χ0v) is 21.0. The molecular formula is C32H22N4S. The predicted octanol–water partition coefficient (Wildman–Crippen LogP) is 8.46. The molecule has 176 valence electrons. The summed E-state index contributed by atoms with van der Waals surface area (Å²) in [5, 5.41) is 35.9. The van der Waals surface area contributed by atoms with Gasteiger partial charge < -0.3 is 5.41 Å². The number of nitrogens with one attached hydrogen (secondary N) is 2. The quantitative estimate of drug-likeness (QED) is 0.0620. The number of thiophene rings is 1. The zero-order valence-electron chi connectivity index (χ0n) is 20.2. The van der Waals surface area contributed by atoms with E-state index in [-0.39, 0.29) is 5.57 Å². The van der Waals surface area contributed by atoms with Gasteiger partial charge in [0.2, 0.25) is 0 Å². The Morgan fingerprint density at radius 2 is 1.51 bits per heavy atom. The number of allylic oxidation sites excluding steroid dienone is 6. The first-order chi connectivity index (χ1) is 18.1. The van der Waals surface area contributed by atoms with Crippen LogP contribution in [0.4, 0.5) is 0 Å². The van der Waals surface area contributed by atoms with Gasteiger partial charge in [-0.15, -0.1) is 11.3 Å². The van der Waals surface area contributed by atoms with Gasteiger partial charge in [-0.25, -0.2) is 0 Å². The van der Waals surface area contributed by atoms with Crippen LogP contribution in [0.2, 0.25) is 0 Å². The van der Waals surface area contributed by atoms with Crippen molar-refractivity contribution in [3.63, 3.8) is 0 Å². The molecule has 4 nitrogen and oxygen atoms in total. The second-order valence-corrected chi connectivity index (χ2v) is 9.61. The first-order valence-electron chi connectivity index (χ1n) is 11.7. The Kier molecular flexibility index (Phi) is 6.39. The van der Waals surface area contributed by atoms with Crippen LogP contribution in [-0.2, 0) is 0 Å². The van der Waals surface area contributed by atoms with Crippen molar-refractivity contribution in [1.29, 1.82) is 15.9 Å². The number of nitrogens with zero attached hydrogens (tertiary/aromatic N) is 2. The first kappa shape index (κ1) is 23.8. The molecule has 1 aromatic heterocycles. The molecule has 0 radical (unpaired) electrons. The third kappa shape index (κ3) is 4.08. The van der Waals surface area contributed by atoms with Crippen molar-refractivity contribution in [2.45, 2.75) is 6.92 Å². The van der Waals surface area contributed by atoms with E-state index in [4.69, 9.17) is 5.41 Å². The lowest BCUT2D eigenvalue weighted by Crippen LogP contribution is -1.99. The summed E-state index contributed by atoms with van der Waals surface area (Å²) in [6.45, 7) is 5.79. The minimum atomic E-state index is 0.287. The fraction of sp³-hybridized carbons (Fsp3) is 0.0312. The molecule has 5 rings (SSSR count). The van der Waals surface area contributed by atoms with Crippen LogP contribution in [-0.4, -0.2) is 6.21 Å². The van der Waals surface area contributed by atoms with Gasteiger partial charge in [0.15, 0.2) is 6.19 Å². The lowest BCUT2D eigenvalue weighted by atomic mass is 9.85. The zero-order chi connectivity index (χ0) is 25.9. The van der Waals surface area contributed by atoms with Gasteiger partial charge in [0, 0.05) is 43.7 Å². The highest BCUT2D eigenvalue weighted by atomic mass is 32.1. The largest absolute Gasteiger partial charge is 0.308 e. The van der Waals surface area contributed by atoms with Gasteiger partial charge in [-0.3, -0.25) is 5.32 Å². The monoisotopic (exact) mass is 494 g/mol. The molecule has 0 saturated heterocycles. The maximum Gasteiger partial charge on any atom is 0.180 e. The third-order valence-corrected chi connectivity index (χ3v) is 7.50. The molecule has 2 N–H and O–H groups in total. The normalized spacial score (nSPS) is 12.3. The standard InChI is InChI=1S/C32H22N4S/c1-3-8-21(18-36-19-35)31-24-10-4-5-11-25(24)32(22(17-34)13-20(2)16-33)27-14-26-23-9-6-7-12-29(23)37-30(26)15-28(27)31/h3-15,17-18,34,36H,2H2,1H3/b8-3-,21-18+,22-13+,34-17?. The summed E-state index contributed by atoms with van der Waals surface area (Å²) in [5.41, 5.74) is 3.66. The molecule has 0 atom stereocenters. The number of nitriles is 2. The number of rotatable bonds is 6. The highest BCUT2D eigenvalue weighted by molar-refractivity contribution is 7.25. The third-order valence-electron chi connectivity index (χ3n) is 6.37. The number of hydrogen-bond donors (Lipinski definition) is 2. The van der Waals surface area contributed by atoms with Crippen LogP contribution in [0.25, 0.3) is 52.9 Å². The summed E-state index contributed by atoms with van der Waals surface area (Å²) in [6, 6.07) is 22.9. The van der Waals surface area contributed by atoms with E-state index in [9.17, 15) is 10.5 Å². The lowest BCUT2D eigenvalue weighted by molar-refractivity contribution is 1.20. The molecule has 0 aliphatic rings. The Balaban J connectivity index is 2.07. The Morgan fingerprint density at radius 1 is 0.865 bits per heavy atom. The number of hydrogen-bond acceptors (Lipinski definition) is 5. The fourth-order valence-corrected chi connectivity index (χ4v) is 6.04. The maximum atomic E-state index is 9.43. The maximum absolute atomic E-state index is 9.43. The van der Waals surface area contributed by atoms with Crippen molar-refractivity contribution in [3.8, 4) is 12.3 Å². The van der Waals surface area contributed by atoms with Crippen LogP contribution in [0.3, 0.4) is 0 Å². The van der Waals surface area contributed by atoms with Crippen LogP contribution >= 0.6 is 11.3 Å². The van der Waals surface area contributed by atoms with Gasteiger partial charge in [-0.1, -0.05) is 61.2 Å². The van der Waals surface area contributed by atoms with E-state index in [1.54, 1.807) is 23.6 Å². The summed E-state index contributed by atoms with van der Waals surface area (Å²) < 4.78 is 2.36. The fourth-order valence-electron chi connectivity index (χ4n) is 4.92. The van der Waals surface area contributed by atoms with Gasteiger partial charge in [-0.2, -0.15) is 10.5 Å². The molecule has 37 heavy (non-hydrogen) atoms. The van der Waals surface area contributed by atoms with E-state index in [1.165, 1.54) is 16.3 Å². The van der Waals surface area contributed by atoms with Gasteiger partial charge in [0.05, 0.1) is 6.07 Å².